The van der Waals surface area contributed by atoms with Crippen molar-refractivity contribution in [3.05, 3.63) is 34.6 Å². The summed E-state index contributed by atoms with van der Waals surface area (Å²) in [7, 11) is 0. The highest BCUT2D eigenvalue weighted by atomic mass is 79.9. The Hall–Kier alpha value is -2.40. The van der Waals surface area contributed by atoms with Crippen LogP contribution in [-0.4, -0.2) is 57.4 Å². The molecule has 0 spiro atoms. The van der Waals surface area contributed by atoms with Crippen molar-refractivity contribution in [3.63, 3.8) is 0 Å². The van der Waals surface area contributed by atoms with Crippen LogP contribution in [0.2, 0.25) is 0 Å². The van der Waals surface area contributed by atoms with Crippen LogP contribution in [0.5, 0.6) is 0 Å². The summed E-state index contributed by atoms with van der Waals surface area (Å²) in [4.78, 5) is 42.5. The van der Waals surface area contributed by atoms with E-state index in [0.29, 0.717) is 43.3 Å². The Morgan fingerprint density at radius 1 is 1.20 bits per heavy atom. The number of hydrogen-bond acceptors (Lipinski definition) is 7. The molecule has 0 unspecified atom stereocenters. The summed E-state index contributed by atoms with van der Waals surface area (Å²) in [6.45, 7) is 2.78. The van der Waals surface area contributed by atoms with Crippen LogP contribution < -0.4 is 10.6 Å². The molecule has 0 atom stereocenters. The molecule has 30 heavy (non-hydrogen) atoms. The zero-order valence-electron chi connectivity index (χ0n) is 16.4. The van der Waals surface area contributed by atoms with Gasteiger partial charge in [0.15, 0.2) is 5.82 Å². The Morgan fingerprint density at radius 3 is 2.60 bits per heavy atom. The number of likely N-dealkylation sites (tertiary alicyclic amines) is 1. The molecule has 1 fully saturated rings. The Morgan fingerprint density at radius 2 is 1.97 bits per heavy atom. The van der Waals surface area contributed by atoms with Gasteiger partial charge in [-0.25, -0.2) is 4.98 Å². The van der Waals surface area contributed by atoms with E-state index in [9.17, 15) is 14.4 Å². The van der Waals surface area contributed by atoms with Crippen LogP contribution in [-0.2, 0) is 14.4 Å². The number of thioether (sulfide) groups is 1. The van der Waals surface area contributed by atoms with Crippen LogP contribution in [0.15, 0.2) is 33.4 Å². The molecular formula is C19H22BrN5O4S. The van der Waals surface area contributed by atoms with Crippen LogP contribution in [0.3, 0.4) is 0 Å². The van der Waals surface area contributed by atoms with Gasteiger partial charge in [0.05, 0.1) is 11.5 Å². The molecule has 3 rings (SSSR count). The molecule has 2 N–H and O–H groups in total. The lowest BCUT2D eigenvalue weighted by Crippen LogP contribution is -2.42. The van der Waals surface area contributed by atoms with E-state index in [-0.39, 0.29) is 35.1 Å². The molecule has 0 saturated carbocycles. The summed E-state index contributed by atoms with van der Waals surface area (Å²) in [5, 5.41) is 9.13. The van der Waals surface area contributed by atoms with Gasteiger partial charge in [-0.1, -0.05) is 5.16 Å². The molecule has 1 saturated heterocycles. The van der Waals surface area contributed by atoms with Gasteiger partial charge < -0.3 is 20.1 Å². The zero-order valence-corrected chi connectivity index (χ0v) is 18.8. The van der Waals surface area contributed by atoms with E-state index in [4.69, 9.17) is 4.52 Å². The van der Waals surface area contributed by atoms with Crippen LogP contribution in [0.4, 0.5) is 11.6 Å². The standard InChI is InChI=1S/C19H22BrN5O4S/c1-12-8-16(24-29-12)22-17(26)10-30-11-18(27)25-6-4-13(5-7-25)19(28)23-15-3-2-14(20)9-21-15/h2-3,8-9,13H,4-7,10-11H2,1H3,(H,21,23,28)(H,22,24,26). The van der Waals surface area contributed by atoms with Crippen molar-refractivity contribution in [2.45, 2.75) is 19.8 Å². The fraction of sp³-hybridized carbons (Fsp3) is 0.421. The molecule has 1 aliphatic rings. The number of amides is 3. The van der Waals surface area contributed by atoms with E-state index in [2.05, 4.69) is 36.7 Å². The number of carbonyl (C=O) groups excluding carboxylic acids is 3. The van der Waals surface area contributed by atoms with Crippen LogP contribution in [0.25, 0.3) is 0 Å². The summed E-state index contributed by atoms with van der Waals surface area (Å²) >= 11 is 4.55. The summed E-state index contributed by atoms with van der Waals surface area (Å²) in [5.74, 6) is 1.35. The number of halogens is 1. The van der Waals surface area contributed by atoms with E-state index >= 15 is 0 Å². The van der Waals surface area contributed by atoms with Gasteiger partial charge in [0.1, 0.15) is 11.6 Å². The molecule has 1 aliphatic heterocycles. The molecule has 0 aromatic carbocycles. The van der Waals surface area contributed by atoms with Crippen LogP contribution in [0.1, 0.15) is 18.6 Å². The first-order valence-electron chi connectivity index (χ1n) is 9.42. The number of nitrogens with one attached hydrogen (secondary N) is 2. The van der Waals surface area contributed by atoms with Crippen molar-refractivity contribution < 1.29 is 18.9 Å². The van der Waals surface area contributed by atoms with Crippen LogP contribution in [0, 0.1) is 12.8 Å². The summed E-state index contributed by atoms with van der Waals surface area (Å²) in [6, 6.07) is 5.17. The average molecular weight is 496 g/mol. The lowest BCUT2D eigenvalue weighted by atomic mass is 9.96. The maximum atomic E-state index is 12.4. The van der Waals surface area contributed by atoms with Crippen molar-refractivity contribution in [2.75, 3.05) is 35.2 Å². The fourth-order valence-electron chi connectivity index (χ4n) is 3.00. The Balaban J connectivity index is 1.34. The van der Waals surface area contributed by atoms with E-state index in [1.54, 1.807) is 30.2 Å². The number of aromatic nitrogens is 2. The van der Waals surface area contributed by atoms with Crippen molar-refractivity contribution in [3.8, 4) is 0 Å². The molecule has 0 aliphatic carbocycles. The van der Waals surface area contributed by atoms with E-state index in [1.165, 1.54) is 11.8 Å². The Bertz CT molecular complexity index is 897. The van der Waals surface area contributed by atoms with Crippen molar-refractivity contribution in [1.29, 1.82) is 0 Å². The van der Waals surface area contributed by atoms with Gasteiger partial charge in [-0.2, -0.15) is 0 Å². The lowest BCUT2D eigenvalue weighted by Gasteiger charge is -2.31. The Labute approximate surface area is 186 Å². The maximum Gasteiger partial charge on any atom is 0.235 e. The lowest BCUT2D eigenvalue weighted by molar-refractivity contribution is -0.132. The number of hydrogen-bond donors (Lipinski definition) is 2. The normalized spacial score (nSPS) is 14.4. The van der Waals surface area contributed by atoms with Gasteiger partial charge in [0.25, 0.3) is 0 Å². The highest BCUT2D eigenvalue weighted by Crippen LogP contribution is 2.20. The molecule has 3 heterocycles. The third-order valence-corrected chi connectivity index (χ3v) is 5.94. The molecule has 2 aromatic rings. The number of pyridine rings is 1. The van der Waals surface area contributed by atoms with Crippen molar-refractivity contribution in [1.82, 2.24) is 15.0 Å². The first kappa shape index (κ1) is 22.3. The monoisotopic (exact) mass is 495 g/mol. The van der Waals surface area contributed by atoms with Gasteiger partial charge in [-0.05, 0) is 47.8 Å². The molecule has 3 amide bonds. The summed E-state index contributed by atoms with van der Waals surface area (Å²) < 4.78 is 5.73. The van der Waals surface area contributed by atoms with Gasteiger partial charge in [-0.3, -0.25) is 14.4 Å². The van der Waals surface area contributed by atoms with E-state index in [1.807, 2.05) is 6.07 Å². The van der Waals surface area contributed by atoms with Gasteiger partial charge in [0.2, 0.25) is 17.7 Å². The minimum atomic E-state index is -0.238. The van der Waals surface area contributed by atoms with Gasteiger partial charge in [-0.15, -0.1) is 11.8 Å². The topological polar surface area (TPSA) is 117 Å². The second-order valence-corrected chi connectivity index (χ2v) is 8.77. The molecule has 9 nitrogen and oxygen atoms in total. The predicted octanol–water partition coefficient (Wildman–Crippen LogP) is 2.69. The number of carbonyl (C=O) groups is 3. The van der Waals surface area contributed by atoms with Crippen molar-refractivity contribution >= 4 is 57.0 Å². The highest BCUT2D eigenvalue weighted by Gasteiger charge is 2.27. The number of aryl methyl sites for hydroxylation is 1. The molecule has 2 aromatic heterocycles. The molecule has 0 radical (unpaired) electrons. The fourth-order valence-corrected chi connectivity index (χ4v) is 3.95. The first-order chi connectivity index (χ1) is 14.4. The van der Waals surface area contributed by atoms with Crippen molar-refractivity contribution in [2.24, 2.45) is 5.92 Å². The Kier molecular flexibility index (Phi) is 7.86. The maximum absolute atomic E-state index is 12.4. The minimum Gasteiger partial charge on any atom is -0.360 e. The second-order valence-electron chi connectivity index (χ2n) is 6.87. The third-order valence-electron chi connectivity index (χ3n) is 4.55. The average Bonchev–Trinajstić information content (AvgIpc) is 3.14. The molecule has 11 heteroatoms. The first-order valence-corrected chi connectivity index (χ1v) is 11.4. The molecular weight excluding hydrogens is 474 g/mol. The molecule has 160 valence electrons. The number of rotatable bonds is 7. The van der Waals surface area contributed by atoms with Crippen LogP contribution >= 0.6 is 27.7 Å². The highest BCUT2D eigenvalue weighted by molar-refractivity contribution is 9.10. The summed E-state index contributed by atoms with van der Waals surface area (Å²) in [5.41, 5.74) is 0. The largest absolute Gasteiger partial charge is 0.360 e. The third kappa shape index (κ3) is 6.56. The number of anilines is 2. The van der Waals surface area contributed by atoms with Gasteiger partial charge in [0, 0.05) is 35.7 Å². The molecule has 0 bridgehead atoms. The zero-order chi connectivity index (χ0) is 21.5. The number of piperidine rings is 1. The number of nitrogens with zero attached hydrogens (tertiary/aromatic N) is 3. The van der Waals surface area contributed by atoms with Gasteiger partial charge >= 0.3 is 0 Å². The quantitative estimate of drug-likeness (QED) is 0.605. The smallest absolute Gasteiger partial charge is 0.235 e. The van der Waals surface area contributed by atoms with E-state index < -0.39 is 0 Å². The SMILES string of the molecule is Cc1cc(NC(=O)CSCC(=O)N2CCC(C(=O)Nc3ccc(Br)cn3)CC2)no1. The predicted molar refractivity (Wildman–Crippen MR) is 117 cm³/mol. The van der Waals surface area contributed by atoms with E-state index in [0.717, 1.165) is 4.47 Å². The second kappa shape index (κ2) is 10.6. The minimum absolute atomic E-state index is 0.0292. The summed E-state index contributed by atoms with van der Waals surface area (Å²) in [6.07, 6.45) is 2.83.